The SMILES string of the molecule is CC(C)[C@@H]1CC[C@@H](C)CC(=O)N2C[C@H]3C[C@@H](CN(c4ccnc(C(=O)O)c4)C3)[C@@H]2CCCC(=O)N1. The number of hydrogen-bond donors (Lipinski definition) is 2. The van der Waals surface area contributed by atoms with Gasteiger partial charge in [0.1, 0.15) is 5.69 Å². The summed E-state index contributed by atoms with van der Waals surface area (Å²) >= 11 is 0. The zero-order valence-corrected chi connectivity index (χ0v) is 21.3. The van der Waals surface area contributed by atoms with Crippen LogP contribution < -0.4 is 10.2 Å². The Morgan fingerprint density at radius 2 is 1.97 bits per heavy atom. The van der Waals surface area contributed by atoms with E-state index < -0.39 is 5.97 Å². The highest BCUT2D eigenvalue weighted by Gasteiger charge is 2.42. The summed E-state index contributed by atoms with van der Waals surface area (Å²) in [5, 5.41) is 12.6. The molecule has 8 heteroatoms. The van der Waals surface area contributed by atoms with Crippen LogP contribution in [0.2, 0.25) is 0 Å². The van der Waals surface area contributed by atoms with Gasteiger partial charge in [-0.2, -0.15) is 0 Å². The van der Waals surface area contributed by atoms with Crippen LogP contribution in [-0.4, -0.2) is 64.5 Å². The minimum absolute atomic E-state index is 0.0526. The normalized spacial score (nSPS) is 30.6. The maximum atomic E-state index is 13.5. The Labute approximate surface area is 208 Å². The Kier molecular flexibility index (Phi) is 7.97. The third-order valence-electron chi connectivity index (χ3n) is 8.17. The van der Waals surface area contributed by atoms with Crippen LogP contribution in [0.1, 0.15) is 76.2 Å². The molecular weight excluding hydrogens is 444 g/mol. The fourth-order valence-electron chi connectivity index (χ4n) is 6.25. The number of nitrogens with zero attached hydrogens (tertiary/aromatic N) is 3. The van der Waals surface area contributed by atoms with E-state index in [9.17, 15) is 19.5 Å². The number of carbonyl (C=O) groups excluding carboxylic acids is 2. The van der Waals surface area contributed by atoms with Gasteiger partial charge in [-0.15, -0.1) is 0 Å². The number of carboxylic acid groups (broad SMARTS) is 1. The first-order valence-electron chi connectivity index (χ1n) is 13.2. The van der Waals surface area contributed by atoms with E-state index in [1.165, 1.54) is 0 Å². The smallest absolute Gasteiger partial charge is 0.354 e. The predicted molar refractivity (Wildman–Crippen MR) is 134 cm³/mol. The fraction of sp³-hybridized carbons (Fsp3) is 0.704. The molecule has 4 rings (SSSR count). The van der Waals surface area contributed by atoms with Crippen LogP contribution in [0, 0.1) is 23.7 Å². The minimum atomic E-state index is -1.02. The van der Waals surface area contributed by atoms with Crippen molar-refractivity contribution in [3.63, 3.8) is 0 Å². The number of piperidine rings is 2. The third kappa shape index (κ3) is 6.14. The standard InChI is InChI=1S/C27H40N4O4/c1-17(2)22-8-7-18(3)11-26(33)31-15-19-12-20(24(31)5-4-6-25(32)29-22)16-30(14-19)21-9-10-28-23(13-21)27(34)35/h9-10,13,17-20,22,24H,4-8,11-12,14-16H2,1-3H3,(H,29,32)(H,34,35)/t18-,19+,20+,22+,24+/m1/s1. The summed E-state index contributed by atoms with van der Waals surface area (Å²) < 4.78 is 0. The van der Waals surface area contributed by atoms with Gasteiger partial charge in [-0.05, 0) is 67.9 Å². The largest absolute Gasteiger partial charge is 0.477 e. The molecule has 3 aliphatic rings. The molecule has 0 aromatic carbocycles. The third-order valence-corrected chi connectivity index (χ3v) is 8.17. The summed E-state index contributed by atoms with van der Waals surface area (Å²) in [6.45, 7) is 8.78. The number of aromatic nitrogens is 1. The molecule has 2 N–H and O–H groups in total. The number of carbonyl (C=O) groups is 3. The number of carboxylic acids is 1. The van der Waals surface area contributed by atoms with Crippen molar-refractivity contribution >= 4 is 23.5 Å². The van der Waals surface area contributed by atoms with Crippen molar-refractivity contribution in [3.8, 4) is 0 Å². The minimum Gasteiger partial charge on any atom is -0.477 e. The molecule has 8 nitrogen and oxygen atoms in total. The molecule has 0 unspecified atom stereocenters. The van der Waals surface area contributed by atoms with Crippen LogP contribution in [0.4, 0.5) is 5.69 Å². The lowest BCUT2D eigenvalue weighted by atomic mass is 9.77. The molecular formula is C27H40N4O4. The lowest BCUT2D eigenvalue weighted by molar-refractivity contribution is -0.139. The number of aromatic carboxylic acids is 1. The number of pyridine rings is 1. The molecule has 3 aliphatic heterocycles. The van der Waals surface area contributed by atoms with Gasteiger partial charge in [0.05, 0.1) is 0 Å². The number of amides is 2. The number of anilines is 1. The molecule has 5 atom stereocenters. The summed E-state index contributed by atoms with van der Waals surface area (Å²) in [6, 6.07) is 3.79. The van der Waals surface area contributed by atoms with Gasteiger partial charge < -0.3 is 20.2 Å². The molecule has 3 fully saturated rings. The van der Waals surface area contributed by atoms with Gasteiger partial charge in [0.25, 0.3) is 0 Å². The van der Waals surface area contributed by atoms with Crippen LogP contribution >= 0.6 is 0 Å². The van der Waals surface area contributed by atoms with E-state index >= 15 is 0 Å². The van der Waals surface area contributed by atoms with E-state index in [1.54, 1.807) is 12.3 Å². The molecule has 0 aliphatic carbocycles. The Morgan fingerprint density at radius 1 is 1.17 bits per heavy atom. The average Bonchev–Trinajstić information content (AvgIpc) is 2.82. The summed E-state index contributed by atoms with van der Waals surface area (Å²) in [5.41, 5.74) is 0.932. The van der Waals surface area contributed by atoms with Gasteiger partial charge in [0.15, 0.2) is 0 Å². The molecule has 0 saturated carbocycles. The molecule has 1 aromatic heterocycles. The first kappa shape index (κ1) is 25.5. The monoisotopic (exact) mass is 484 g/mol. The van der Waals surface area contributed by atoms with Crippen LogP contribution in [0.3, 0.4) is 0 Å². The van der Waals surface area contributed by atoms with E-state index in [-0.39, 0.29) is 35.5 Å². The summed E-state index contributed by atoms with van der Waals surface area (Å²) in [5.74, 6) is 0.663. The van der Waals surface area contributed by atoms with Gasteiger partial charge in [-0.3, -0.25) is 9.59 Å². The van der Waals surface area contributed by atoms with Crippen LogP contribution in [0.15, 0.2) is 18.3 Å². The molecule has 4 heterocycles. The second kappa shape index (κ2) is 11.0. The average molecular weight is 485 g/mol. The predicted octanol–water partition coefficient (Wildman–Crippen LogP) is 3.56. The lowest BCUT2D eigenvalue weighted by Crippen LogP contribution is -2.59. The van der Waals surface area contributed by atoms with E-state index in [1.807, 2.05) is 6.07 Å². The van der Waals surface area contributed by atoms with Crippen molar-refractivity contribution in [2.75, 3.05) is 24.5 Å². The number of rotatable bonds is 3. The second-order valence-electron chi connectivity index (χ2n) is 11.3. The number of fused-ring (bicyclic) bond motifs is 4. The van der Waals surface area contributed by atoms with E-state index in [2.05, 4.69) is 40.9 Å². The highest BCUT2D eigenvalue weighted by atomic mass is 16.4. The van der Waals surface area contributed by atoms with Gasteiger partial charge >= 0.3 is 5.97 Å². The van der Waals surface area contributed by atoms with E-state index in [0.717, 1.165) is 57.4 Å². The summed E-state index contributed by atoms with van der Waals surface area (Å²) in [7, 11) is 0. The second-order valence-corrected chi connectivity index (χ2v) is 11.3. The maximum Gasteiger partial charge on any atom is 0.354 e. The quantitative estimate of drug-likeness (QED) is 0.680. The van der Waals surface area contributed by atoms with Gasteiger partial charge in [-0.1, -0.05) is 20.8 Å². The van der Waals surface area contributed by atoms with Crippen LogP contribution in [-0.2, 0) is 9.59 Å². The molecule has 2 bridgehead atoms. The Morgan fingerprint density at radius 3 is 2.71 bits per heavy atom. The molecule has 0 spiro atoms. The molecule has 192 valence electrons. The van der Waals surface area contributed by atoms with Crippen molar-refractivity contribution in [2.24, 2.45) is 23.7 Å². The van der Waals surface area contributed by atoms with Crippen molar-refractivity contribution in [2.45, 2.75) is 77.8 Å². The van der Waals surface area contributed by atoms with Gasteiger partial charge in [0.2, 0.25) is 11.8 Å². The Bertz CT molecular complexity index is 936. The van der Waals surface area contributed by atoms with Crippen molar-refractivity contribution in [1.82, 2.24) is 15.2 Å². The molecule has 0 radical (unpaired) electrons. The van der Waals surface area contributed by atoms with Crippen LogP contribution in [0.5, 0.6) is 0 Å². The van der Waals surface area contributed by atoms with Gasteiger partial charge in [0, 0.05) is 56.4 Å². The summed E-state index contributed by atoms with van der Waals surface area (Å²) in [4.78, 5) is 46.0. The van der Waals surface area contributed by atoms with E-state index in [0.29, 0.717) is 30.6 Å². The lowest BCUT2D eigenvalue weighted by Gasteiger charge is -2.51. The molecule has 35 heavy (non-hydrogen) atoms. The number of nitrogens with one attached hydrogen (secondary N) is 1. The molecule has 2 amide bonds. The number of hydrogen-bond acceptors (Lipinski definition) is 5. The van der Waals surface area contributed by atoms with Gasteiger partial charge in [-0.25, -0.2) is 9.78 Å². The molecule has 3 saturated heterocycles. The maximum absolute atomic E-state index is 13.5. The zero-order chi connectivity index (χ0) is 25.1. The van der Waals surface area contributed by atoms with Crippen molar-refractivity contribution in [3.05, 3.63) is 24.0 Å². The Hall–Kier alpha value is -2.64. The molecule has 1 aromatic rings. The first-order chi connectivity index (χ1) is 16.7. The van der Waals surface area contributed by atoms with Crippen LogP contribution in [0.25, 0.3) is 0 Å². The highest BCUT2D eigenvalue weighted by Crippen LogP contribution is 2.38. The van der Waals surface area contributed by atoms with Crippen molar-refractivity contribution < 1.29 is 19.5 Å². The Balaban J connectivity index is 1.52. The first-order valence-corrected chi connectivity index (χ1v) is 13.2. The zero-order valence-electron chi connectivity index (χ0n) is 21.3. The topological polar surface area (TPSA) is 103 Å². The van der Waals surface area contributed by atoms with E-state index in [4.69, 9.17) is 0 Å². The summed E-state index contributed by atoms with van der Waals surface area (Å²) in [6.07, 6.45) is 7.10. The fourth-order valence-corrected chi connectivity index (χ4v) is 6.25. The van der Waals surface area contributed by atoms with Crippen molar-refractivity contribution in [1.29, 1.82) is 0 Å². The highest BCUT2D eigenvalue weighted by molar-refractivity contribution is 5.86.